The number of piperidine rings is 1. The molecule has 0 atom stereocenters. The van der Waals surface area contributed by atoms with Crippen LogP contribution in [0.4, 0.5) is 0 Å². The fraction of sp³-hybridized carbons (Fsp3) is 1.00. The maximum absolute atomic E-state index is 12.2. The molecule has 1 heterocycles. The molecule has 0 spiro atoms. The number of nitrogens with zero attached hydrogens (tertiary/aromatic N) is 1. The van der Waals surface area contributed by atoms with Gasteiger partial charge in [0.15, 0.2) is 0 Å². The zero-order chi connectivity index (χ0) is 15.6. The minimum atomic E-state index is -3.88. The van der Waals surface area contributed by atoms with Gasteiger partial charge in [0, 0.05) is 47.2 Å². The van der Waals surface area contributed by atoms with Crippen LogP contribution in [0.2, 0.25) is 0 Å². The number of rotatable bonds is 6. The molecule has 0 bridgehead atoms. The van der Waals surface area contributed by atoms with Crippen LogP contribution < -0.4 is 0 Å². The number of hydrogen-bond donors (Lipinski definition) is 1. The van der Waals surface area contributed by atoms with Crippen LogP contribution in [-0.4, -0.2) is 77.1 Å². The van der Waals surface area contributed by atoms with Gasteiger partial charge >= 0.3 is 0 Å². The molecule has 0 aromatic rings. The Balaban J connectivity index is 0.00000400. The van der Waals surface area contributed by atoms with Crippen molar-refractivity contribution in [2.24, 2.45) is 0 Å². The number of hydrogen-bond acceptors (Lipinski definition) is 4. The van der Waals surface area contributed by atoms with Crippen LogP contribution in [0, 0.1) is 0 Å². The van der Waals surface area contributed by atoms with Gasteiger partial charge in [-0.1, -0.05) is 0 Å². The minimum Gasteiger partial charge on any atom is -0.378 e. The molecule has 1 aliphatic rings. The van der Waals surface area contributed by atoms with Crippen molar-refractivity contribution in [3.63, 3.8) is 0 Å². The Morgan fingerprint density at radius 1 is 1.14 bits per heavy atom. The smallest absolute Gasteiger partial charge is 0.264 e. The molecule has 0 aromatic carbocycles. The van der Waals surface area contributed by atoms with E-state index in [2.05, 4.69) is 0 Å². The van der Waals surface area contributed by atoms with Crippen LogP contribution in [0.1, 0.15) is 53.4 Å². The van der Waals surface area contributed by atoms with Crippen LogP contribution in [0.5, 0.6) is 0 Å². The molecule has 0 aromatic heterocycles. The van der Waals surface area contributed by atoms with Gasteiger partial charge in [0.2, 0.25) is 0 Å². The Labute approximate surface area is 150 Å². The van der Waals surface area contributed by atoms with Crippen molar-refractivity contribution < 1.29 is 22.9 Å². The average Bonchev–Trinajstić information content (AvgIpc) is 2.23. The van der Waals surface area contributed by atoms with Crippen molar-refractivity contribution >= 4 is 39.7 Å². The molecule has 0 unspecified atom stereocenters. The van der Waals surface area contributed by atoms with Gasteiger partial charge in [-0.05, 0) is 53.4 Å². The zero-order valence-electron chi connectivity index (χ0n) is 13.8. The van der Waals surface area contributed by atoms with Crippen LogP contribution in [0.15, 0.2) is 0 Å². The van der Waals surface area contributed by atoms with E-state index in [-0.39, 0.29) is 41.4 Å². The van der Waals surface area contributed by atoms with E-state index in [1.165, 1.54) is 0 Å². The van der Waals surface area contributed by atoms with E-state index in [1.54, 1.807) is 0 Å². The van der Waals surface area contributed by atoms with E-state index in [9.17, 15) is 13.6 Å². The van der Waals surface area contributed by atoms with Crippen molar-refractivity contribution in [3.8, 4) is 0 Å². The van der Waals surface area contributed by atoms with Crippen molar-refractivity contribution in [2.45, 2.75) is 70.6 Å². The second-order valence-corrected chi connectivity index (χ2v) is 8.39. The van der Waals surface area contributed by atoms with Gasteiger partial charge in [0.05, 0.1) is 11.9 Å². The van der Waals surface area contributed by atoms with E-state index in [0.29, 0.717) is 32.3 Å². The summed E-state index contributed by atoms with van der Waals surface area (Å²) in [7, 11) is -3.88. The maximum atomic E-state index is 12.2. The minimum absolute atomic E-state index is 0. The molecule has 8 heteroatoms. The van der Waals surface area contributed by atoms with E-state index < -0.39 is 21.2 Å². The summed E-state index contributed by atoms with van der Waals surface area (Å²) in [6, 6.07) is 0. The number of ether oxygens (including phenoxy) is 1. The molecule has 1 saturated heterocycles. The standard InChI is InChI=1S/C13H26NO5S.Na/c1-12(2)9-11(10-13(3,4)14(12)15)19-7-5-6-8-20(16,17)18;/h11H,5-10H2,1-4H3,(H,16,17,18);. The first-order chi connectivity index (χ1) is 8.94. The summed E-state index contributed by atoms with van der Waals surface area (Å²) in [6.07, 6.45) is 2.30. The van der Waals surface area contributed by atoms with E-state index in [4.69, 9.17) is 9.29 Å². The second kappa shape index (κ2) is 8.06. The third kappa shape index (κ3) is 7.26. The first-order valence-corrected chi connectivity index (χ1v) is 8.59. The predicted molar refractivity (Wildman–Crippen MR) is 81.1 cm³/mol. The fourth-order valence-corrected chi connectivity index (χ4v) is 3.49. The van der Waals surface area contributed by atoms with Gasteiger partial charge in [0.1, 0.15) is 0 Å². The third-order valence-corrected chi connectivity index (χ3v) is 4.51. The van der Waals surface area contributed by atoms with Crippen LogP contribution in [0.25, 0.3) is 0 Å². The van der Waals surface area contributed by atoms with Gasteiger partial charge in [-0.3, -0.25) is 4.55 Å². The summed E-state index contributed by atoms with van der Waals surface area (Å²) in [4.78, 5) is 0. The van der Waals surface area contributed by atoms with Crippen molar-refractivity contribution in [1.82, 2.24) is 5.06 Å². The third-order valence-electron chi connectivity index (χ3n) is 3.70. The summed E-state index contributed by atoms with van der Waals surface area (Å²) in [5.41, 5.74) is -0.915. The molecule has 2 radical (unpaired) electrons. The van der Waals surface area contributed by atoms with Crippen LogP contribution in [-0.2, 0) is 20.1 Å². The fourth-order valence-electron chi connectivity index (χ4n) is 2.93. The molecule has 1 N–H and O–H groups in total. The Hall–Kier alpha value is 0.790. The maximum Gasteiger partial charge on any atom is 0.264 e. The first kappa shape index (κ1) is 21.8. The molecular weight excluding hydrogens is 305 g/mol. The van der Waals surface area contributed by atoms with Crippen LogP contribution >= 0.6 is 0 Å². The molecular formula is C13H26NNaO5S. The molecule has 1 aliphatic heterocycles. The molecule has 0 amide bonds. The summed E-state index contributed by atoms with van der Waals surface area (Å²) < 4.78 is 35.6. The number of hydroxylamine groups is 2. The Bertz CT molecular complexity index is 406. The molecule has 1 rings (SSSR count). The largest absolute Gasteiger partial charge is 0.378 e. The Morgan fingerprint density at radius 3 is 2.05 bits per heavy atom. The van der Waals surface area contributed by atoms with Gasteiger partial charge in [-0.2, -0.15) is 8.42 Å². The van der Waals surface area contributed by atoms with Crippen LogP contribution in [0.3, 0.4) is 0 Å². The predicted octanol–water partition coefficient (Wildman–Crippen LogP) is 1.66. The first-order valence-electron chi connectivity index (χ1n) is 6.98. The molecule has 6 nitrogen and oxygen atoms in total. The summed E-state index contributed by atoms with van der Waals surface area (Å²) in [6.45, 7) is 8.10. The summed E-state index contributed by atoms with van der Waals surface area (Å²) in [5, 5.41) is 13.3. The molecule has 0 saturated carbocycles. The topological polar surface area (TPSA) is 86.7 Å². The van der Waals surface area contributed by atoms with Crippen molar-refractivity contribution in [2.75, 3.05) is 12.4 Å². The molecule has 21 heavy (non-hydrogen) atoms. The average molecular weight is 331 g/mol. The summed E-state index contributed by atoms with van der Waals surface area (Å²) >= 11 is 0. The van der Waals surface area contributed by atoms with Crippen molar-refractivity contribution in [3.05, 3.63) is 0 Å². The van der Waals surface area contributed by atoms with Gasteiger partial charge in [-0.25, -0.2) is 0 Å². The SMILES string of the molecule is CC1(C)CC(OCCCCS(=O)(=O)O)CC(C)(C)N1[O].[Na]. The van der Waals surface area contributed by atoms with Crippen molar-refractivity contribution in [1.29, 1.82) is 0 Å². The summed E-state index contributed by atoms with van der Waals surface area (Å²) in [5.74, 6) is -0.230. The quantitative estimate of drug-likeness (QED) is 0.454. The monoisotopic (exact) mass is 331 g/mol. The Morgan fingerprint density at radius 2 is 1.62 bits per heavy atom. The zero-order valence-corrected chi connectivity index (χ0v) is 16.6. The molecule has 1 fully saturated rings. The Kier molecular flexibility index (Phi) is 8.36. The van der Waals surface area contributed by atoms with E-state index in [0.717, 1.165) is 5.06 Å². The second-order valence-electron chi connectivity index (χ2n) is 6.81. The van der Waals surface area contributed by atoms with E-state index >= 15 is 0 Å². The van der Waals surface area contributed by atoms with Gasteiger partial charge < -0.3 is 4.74 Å². The van der Waals surface area contributed by atoms with Gasteiger partial charge in [0.25, 0.3) is 10.1 Å². The normalized spacial score (nSPS) is 22.8. The van der Waals surface area contributed by atoms with Gasteiger partial charge in [-0.15, -0.1) is 10.3 Å². The number of unbranched alkanes of at least 4 members (excludes halogenated alkanes) is 1. The molecule has 0 aliphatic carbocycles. The van der Waals surface area contributed by atoms with E-state index in [1.807, 2.05) is 27.7 Å². The molecule has 120 valence electrons.